The van der Waals surface area contributed by atoms with Crippen LogP contribution >= 0.6 is 0 Å². The molecule has 6 nitrogen and oxygen atoms in total. The smallest absolute Gasteiger partial charge is 0.264 e. The Labute approximate surface area is 158 Å². The third-order valence-corrected chi connectivity index (χ3v) is 4.84. The summed E-state index contributed by atoms with van der Waals surface area (Å²) < 4.78 is 16.8. The van der Waals surface area contributed by atoms with Gasteiger partial charge >= 0.3 is 0 Å². The summed E-state index contributed by atoms with van der Waals surface area (Å²) in [7, 11) is 0. The highest BCUT2D eigenvalue weighted by Gasteiger charge is 2.35. The van der Waals surface area contributed by atoms with Gasteiger partial charge in [0.2, 0.25) is 0 Å². The number of hydrogen-bond acceptors (Lipinski definition) is 6. The van der Waals surface area contributed by atoms with E-state index in [1.165, 1.54) is 0 Å². The average Bonchev–Trinajstić information content (AvgIpc) is 3.37. The molecule has 0 atom stereocenters. The van der Waals surface area contributed by atoms with Crippen LogP contribution in [0.15, 0.2) is 59.1 Å². The lowest BCUT2D eigenvalue weighted by Gasteiger charge is -2.17. The minimum Gasteiger partial charge on any atom is -0.489 e. The molecule has 0 saturated heterocycles. The van der Waals surface area contributed by atoms with Crippen molar-refractivity contribution in [1.82, 2.24) is 10.1 Å². The number of benzene rings is 2. The van der Waals surface area contributed by atoms with Gasteiger partial charge in [-0.1, -0.05) is 48.3 Å². The van der Waals surface area contributed by atoms with Crippen LogP contribution in [0.4, 0.5) is 0 Å². The van der Waals surface area contributed by atoms with Crippen molar-refractivity contribution in [2.75, 3.05) is 0 Å². The predicted octanol–water partition coefficient (Wildman–Crippen LogP) is 3.96. The molecule has 1 saturated carbocycles. The first kappa shape index (κ1) is 17.5. The molecule has 0 radical (unpaired) electrons. The van der Waals surface area contributed by atoms with Gasteiger partial charge in [-0.15, -0.1) is 0 Å². The fourth-order valence-corrected chi connectivity index (χ4v) is 3.26. The van der Waals surface area contributed by atoms with E-state index in [0.717, 1.165) is 37.0 Å². The summed E-state index contributed by atoms with van der Waals surface area (Å²) in [5.74, 6) is 2.53. The molecule has 1 aliphatic rings. The maximum Gasteiger partial charge on any atom is 0.264 e. The summed E-state index contributed by atoms with van der Waals surface area (Å²) in [6.07, 6.45) is 4.01. The zero-order valence-electron chi connectivity index (χ0n) is 15.1. The Morgan fingerprint density at radius 1 is 0.889 bits per heavy atom. The maximum absolute atomic E-state index is 6.35. The van der Waals surface area contributed by atoms with Crippen LogP contribution in [-0.2, 0) is 18.8 Å². The van der Waals surface area contributed by atoms with E-state index in [1.807, 2.05) is 54.6 Å². The van der Waals surface area contributed by atoms with Crippen LogP contribution < -0.4 is 15.2 Å². The van der Waals surface area contributed by atoms with Crippen molar-refractivity contribution in [3.8, 4) is 11.5 Å². The second-order valence-corrected chi connectivity index (χ2v) is 6.91. The summed E-state index contributed by atoms with van der Waals surface area (Å²) in [5.41, 5.74) is 7.03. The second-order valence-electron chi connectivity index (χ2n) is 6.91. The van der Waals surface area contributed by atoms with Crippen molar-refractivity contribution in [1.29, 1.82) is 0 Å². The highest BCUT2D eigenvalue weighted by atomic mass is 16.5. The maximum atomic E-state index is 6.35. The third-order valence-electron chi connectivity index (χ3n) is 4.84. The lowest BCUT2D eigenvalue weighted by Crippen LogP contribution is -2.34. The third kappa shape index (κ3) is 4.28. The lowest BCUT2D eigenvalue weighted by atomic mass is 9.99. The molecule has 2 N–H and O–H groups in total. The molecule has 3 aromatic rings. The number of nitrogens with zero attached hydrogens (tertiary/aromatic N) is 2. The summed E-state index contributed by atoms with van der Waals surface area (Å²) >= 11 is 0. The quantitative estimate of drug-likeness (QED) is 0.682. The number of rotatable bonds is 7. The Hall–Kier alpha value is -2.86. The van der Waals surface area contributed by atoms with Crippen molar-refractivity contribution in [3.05, 3.63) is 71.9 Å². The molecule has 1 aromatic heterocycles. The minimum atomic E-state index is -0.445. The molecular formula is C21H23N3O3. The van der Waals surface area contributed by atoms with Gasteiger partial charge in [0.15, 0.2) is 12.4 Å². The molecule has 27 heavy (non-hydrogen) atoms. The van der Waals surface area contributed by atoms with E-state index in [-0.39, 0.29) is 6.61 Å². The Kier molecular flexibility index (Phi) is 5.07. The standard InChI is InChI=1S/C21H23N3O3/c22-21(12-4-5-13-21)20-23-19(27-24-20)15-26-18-10-8-17(9-11-18)25-14-16-6-2-1-3-7-16/h1-3,6-11H,4-5,12-15,22H2. The van der Waals surface area contributed by atoms with Crippen LogP contribution in [-0.4, -0.2) is 10.1 Å². The van der Waals surface area contributed by atoms with Gasteiger partial charge in [0.1, 0.15) is 18.1 Å². The van der Waals surface area contributed by atoms with Crippen LogP contribution in [0.2, 0.25) is 0 Å². The van der Waals surface area contributed by atoms with Crippen molar-refractivity contribution in [2.24, 2.45) is 5.73 Å². The second kappa shape index (κ2) is 7.80. The van der Waals surface area contributed by atoms with E-state index in [9.17, 15) is 0 Å². The topological polar surface area (TPSA) is 83.4 Å². The van der Waals surface area contributed by atoms with E-state index in [0.29, 0.717) is 24.1 Å². The van der Waals surface area contributed by atoms with Gasteiger partial charge in [0.05, 0.1) is 5.54 Å². The molecular weight excluding hydrogens is 342 g/mol. The van der Waals surface area contributed by atoms with Gasteiger partial charge in [-0.2, -0.15) is 4.98 Å². The van der Waals surface area contributed by atoms with Gasteiger partial charge in [0, 0.05) is 0 Å². The molecule has 1 fully saturated rings. The molecule has 0 bridgehead atoms. The van der Waals surface area contributed by atoms with Crippen molar-refractivity contribution in [3.63, 3.8) is 0 Å². The van der Waals surface area contributed by atoms with E-state index in [1.54, 1.807) is 0 Å². The molecule has 0 amide bonds. The summed E-state index contributed by atoms with van der Waals surface area (Å²) in [4.78, 5) is 4.41. The lowest BCUT2D eigenvalue weighted by molar-refractivity contribution is 0.241. The first-order chi connectivity index (χ1) is 13.2. The van der Waals surface area contributed by atoms with Crippen LogP contribution in [0.1, 0.15) is 43.0 Å². The normalized spacial score (nSPS) is 15.6. The highest BCUT2D eigenvalue weighted by molar-refractivity contribution is 5.31. The van der Waals surface area contributed by atoms with Gasteiger partial charge in [-0.25, -0.2) is 0 Å². The molecule has 0 spiro atoms. The van der Waals surface area contributed by atoms with E-state index in [4.69, 9.17) is 19.7 Å². The van der Waals surface area contributed by atoms with Crippen molar-refractivity contribution < 1.29 is 14.0 Å². The van der Waals surface area contributed by atoms with Crippen LogP contribution in [0, 0.1) is 0 Å². The van der Waals surface area contributed by atoms with Crippen molar-refractivity contribution >= 4 is 0 Å². The van der Waals surface area contributed by atoms with E-state index >= 15 is 0 Å². The summed E-state index contributed by atoms with van der Waals surface area (Å²) in [6, 6.07) is 17.5. The number of ether oxygens (including phenoxy) is 2. The molecule has 1 heterocycles. The minimum absolute atomic E-state index is 0.216. The van der Waals surface area contributed by atoms with E-state index in [2.05, 4.69) is 10.1 Å². The monoisotopic (exact) mass is 365 g/mol. The van der Waals surface area contributed by atoms with Crippen LogP contribution in [0.25, 0.3) is 0 Å². The molecule has 0 unspecified atom stereocenters. The van der Waals surface area contributed by atoms with Gasteiger partial charge < -0.3 is 19.7 Å². The van der Waals surface area contributed by atoms with Crippen molar-refractivity contribution in [2.45, 2.75) is 44.4 Å². The fourth-order valence-electron chi connectivity index (χ4n) is 3.26. The molecule has 140 valence electrons. The zero-order chi connectivity index (χ0) is 18.5. The molecule has 2 aromatic carbocycles. The molecule has 0 aliphatic heterocycles. The fraction of sp³-hybridized carbons (Fsp3) is 0.333. The SMILES string of the molecule is NC1(c2noc(COc3ccc(OCc4ccccc4)cc3)n2)CCCC1. The molecule has 1 aliphatic carbocycles. The van der Waals surface area contributed by atoms with Crippen LogP contribution in [0.5, 0.6) is 11.5 Å². The Balaban J connectivity index is 1.29. The Bertz CT molecular complexity index is 856. The average molecular weight is 365 g/mol. The Morgan fingerprint density at radius 3 is 2.19 bits per heavy atom. The largest absolute Gasteiger partial charge is 0.489 e. The number of nitrogens with two attached hydrogens (primary N) is 1. The van der Waals surface area contributed by atoms with Gasteiger partial charge in [-0.05, 0) is 42.7 Å². The number of hydrogen-bond donors (Lipinski definition) is 1. The van der Waals surface area contributed by atoms with Gasteiger partial charge in [0.25, 0.3) is 5.89 Å². The Morgan fingerprint density at radius 2 is 1.52 bits per heavy atom. The van der Waals surface area contributed by atoms with Gasteiger partial charge in [-0.3, -0.25) is 0 Å². The van der Waals surface area contributed by atoms with Crippen LogP contribution in [0.3, 0.4) is 0 Å². The first-order valence-electron chi connectivity index (χ1n) is 9.23. The molecule has 6 heteroatoms. The highest BCUT2D eigenvalue weighted by Crippen LogP contribution is 2.34. The number of aromatic nitrogens is 2. The first-order valence-corrected chi connectivity index (χ1v) is 9.23. The van der Waals surface area contributed by atoms with E-state index < -0.39 is 5.54 Å². The molecule has 4 rings (SSSR count). The summed E-state index contributed by atoms with van der Waals surface area (Å²) in [6.45, 7) is 0.750. The summed E-state index contributed by atoms with van der Waals surface area (Å²) in [5, 5.41) is 4.04. The predicted molar refractivity (Wildman–Crippen MR) is 100 cm³/mol. The zero-order valence-corrected chi connectivity index (χ0v) is 15.1.